The number of imidazole rings is 1. The number of carbonyl (C=O) groups is 2. The molecule has 5 aromatic rings. The lowest BCUT2D eigenvalue weighted by Gasteiger charge is -2.32. The fraction of sp³-hybridized carbons (Fsp3) is 0.333. The van der Waals surface area contributed by atoms with Crippen molar-refractivity contribution in [3.63, 3.8) is 0 Å². The topological polar surface area (TPSA) is 131 Å². The largest absolute Gasteiger partial charge is 0.497 e. The smallest absolute Gasteiger partial charge is 0.258 e. The van der Waals surface area contributed by atoms with Crippen molar-refractivity contribution in [1.82, 2.24) is 24.3 Å². The molecule has 3 aromatic carbocycles. The molecule has 1 aliphatic heterocycles. The highest BCUT2D eigenvalue weighted by molar-refractivity contribution is 6.04. The molecule has 0 bridgehead atoms. The monoisotopic (exact) mass is 692 g/mol. The minimum Gasteiger partial charge on any atom is -0.497 e. The Kier molecular flexibility index (Phi) is 10.9. The molecular weight excluding hydrogens is 648 g/mol. The molecule has 3 heterocycles. The number of likely N-dealkylation sites (N-methyl/N-ethyl adjacent to an activating group) is 1. The summed E-state index contributed by atoms with van der Waals surface area (Å²) in [5, 5.41) is 13.7. The number of fused-ring (bicyclic) bond motifs is 1. The Hall–Kier alpha value is -5.30. The maximum atomic E-state index is 13.6. The van der Waals surface area contributed by atoms with Crippen LogP contribution in [0.1, 0.15) is 51.4 Å². The summed E-state index contributed by atoms with van der Waals surface area (Å²) in [5.41, 5.74) is 3.69. The van der Waals surface area contributed by atoms with Crippen molar-refractivity contribution in [2.45, 2.75) is 45.8 Å². The SMILES string of the molecule is COc1ccc(COc2cccc(OCc3cc(C(=O)Nc4nc5ccc(CN6CCN(C)CC6)cc5n4CC(C)(C)O)ccn3)c2C=O)cc1. The zero-order valence-electron chi connectivity index (χ0n) is 29.5. The molecule has 12 nitrogen and oxygen atoms in total. The molecule has 1 amide bonds. The quantitative estimate of drug-likeness (QED) is 0.150. The zero-order valence-corrected chi connectivity index (χ0v) is 29.5. The molecule has 12 heteroatoms. The van der Waals surface area contributed by atoms with Crippen molar-refractivity contribution in [2.75, 3.05) is 45.7 Å². The van der Waals surface area contributed by atoms with Gasteiger partial charge in [-0.05, 0) is 80.6 Å². The molecule has 1 aliphatic rings. The maximum absolute atomic E-state index is 13.6. The van der Waals surface area contributed by atoms with Gasteiger partial charge in [0.05, 0.1) is 41.5 Å². The second kappa shape index (κ2) is 15.7. The first-order chi connectivity index (χ1) is 24.6. The number of ether oxygens (including phenoxy) is 3. The maximum Gasteiger partial charge on any atom is 0.258 e. The average Bonchev–Trinajstić information content (AvgIpc) is 3.45. The third-order valence-electron chi connectivity index (χ3n) is 8.74. The number of rotatable bonds is 14. The molecule has 51 heavy (non-hydrogen) atoms. The van der Waals surface area contributed by atoms with Crippen LogP contribution in [0.2, 0.25) is 0 Å². The van der Waals surface area contributed by atoms with Crippen LogP contribution in [0.3, 0.4) is 0 Å². The molecule has 1 fully saturated rings. The number of amides is 1. The summed E-state index contributed by atoms with van der Waals surface area (Å²) in [5.74, 6) is 1.42. The summed E-state index contributed by atoms with van der Waals surface area (Å²) in [4.78, 5) is 39.6. The molecule has 0 radical (unpaired) electrons. The first-order valence-electron chi connectivity index (χ1n) is 16.9. The molecule has 0 atom stereocenters. The van der Waals surface area contributed by atoms with Crippen molar-refractivity contribution in [2.24, 2.45) is 0 Å². The first-order valence-corrected chi connectivity index (χ1v) is 16.9. The number of nitrogens with one attached hydrogen (secondary N) is 1. The number of aromatic nitrogens is 3. The van der Waals surface area contributed by atoms with E-state index in [0.717, 1.165) is 60.6 Å². The highest BCUT2D eigenvalue weighted by Gasteiger charge is 2.22. The van der Waals surface area contributed by atoms with Crippen molar-refractivity contribution < 1.29 is 28.9 Å². The zero-order chi connectivity index (χ0) is 36.0. The summed E-state index contributed by atoms with van der Waals surface area (Å²) < 4.78 is 19.0. The van der Waals surface area contributed by atoms with Gasteiger partial charge in [-0.25, -0.2) is 4.98 Å². The number of hydrogen-bond donors (Lipinski definition) is 2. The summed E-state index contributed by atoms with van der Waals surface area (Å²) >= 11 is 0. The molecule has 2 N–H and O–H groups in total. The van der Waals surface area contributed by atoms with Crippen molar-refractivity contribution >= 4 is 29.2 Å². The Labute approximate surface area is 297 Å². The summed E-state index contributed by atoms with van der Waals surface area (Å²) in [6.07, 6.45) is 2.23. The number of anilines is 1. The van der Waals surface area contributed by atoms with Gasteiger partial charge in [-0.1, -0.05) is 24.3 Å². The number of piperazine rings is 1. The van der Waals surface area contributed by atoms with Gasteiger partial charge in [0.2, 0.25) is 5.95 Å². The van der Waals surface area contributed by atoms with Gasteiger partial charge < -0.3 is 28.8 Å². The lowest BCUT2D eigenvalue weighted by molar-refractivity contribution is 0.0630. The van der Waals surface area contributed by atoms with Crippen molar-refractivity contribution in [3.05, 3.63) is 107 Å². The second-order valence-electron chi connectivity index (χ2n) is 13.4. The number of aliphatic hydroxyl groups is 1. The molecule has 0 saturated carbocycles. The van der Waals surface area contributed by atoms with Gasteiger partial charge in [0.1, 0.15) is 30.5 Å². The Morgan fingerprint density at radius 1 is 0.941 bits per heavy atom. The summed E-state index contributed by atoms with van der Waals surface area (Å²) in [6.45, 7) is 8.84. The van der Waals surface area contributed by atoms with E-state index < -0.39 is 5.60 Å². The van der Waals surface area contributed by atoms with Crippen molar-refractivity contribution in [1.29, 1.82) is 0 Å². The lowest BCUT2D eigenvalue weighted by Crippen LogP contribution is -2.43. The number of nitrogens with zero attached hydrogens (tertiary/aromatic N) is 5. The van der Waals surface area contributed by atoms with Gasteiger partial charge in [0.25, 0.3) is 5.91 Å². The average molecular weight is 693 g/mol. The Morgan fingerprint density at radius 2 is 1.65 bits per heavy atom. The van der Waals surface area contributed by atoms with E-state index in [9.17, 15) is 14.7 Å². The van der Waals surface area contributed by atoms with E-state index in [2.05, 4.69) is 39.3 Å². The molecule has 2 aromatic heterocycles. The summed E-state index contributed by atoms with van der Waals surface area (Å²) in [6, 6.07) is 22.0. The molecule has 0 spiro atoms. The van der Waals surface area contributed by atoms with E-state index in [1.807, 2.05) is 34.9 Å². The minimum atomic E-state index is -1.06. The predicted octanol–water partition coefficient (Wildman–Crippen LogP) is 5.18. The third-order valence-corrected chi connectivity index (χ3v) is 8.74. The van der Waals surface area contributed by atoms with Crippen LogP contribution in [0.5, 0.6) is 17.2 Å². The summed E-state index contributed by atoms with van der Waals surface area (Å²) in [7, 11) is 3.75. The Morgan fingerprint density at radius 3 is 2.33 bits per heavy atom. The van der Waals surface area contributed by atoms with E-state index in [4.69, 9.17) is 19.2 Å². The van der Waals surface area contributed by atoms with E-state index in [0.29, 0.717) is 35.0 Å². The molecule has 0 aliphatic carbocycles. The lowest BCUT2D eigenvalue weighted by atomic mass is 10.1. The van der Waals surface area contributed by atoms with Crippen LogP contribution in [-0.4, -0.2) is 87.6 Å². The van der Waals surface area contributed by atoms with Crippen LogP contribution in [0.25, 0.3) is 11.0 Å². The Bertz CT molecular complexity index is 1980. The third kappa shape index (κ3) is 9.09. The van der Waals surface area contributed by atoms with E-state index in [1.165, 1.54) is 6.20 Å². The van der Waals surface area contributed by atoms with Gasteiger partial charge in [-0.2, -0.15) is 0 Å². The van der Waals surface area contributed by atoms with Crippen LogP contribution >= 0.6 is 0 Å². The molecular formula is C39H44N6O6. The van der Waals surface area contributed by atoms with Crippen LogP contribution in [0.4, 0.5) is 5.95 Å². The minimum absolute atomic E-state index is 0.0111. The van der Waals surface area contributed by atoms with E-state index in [-0.39, 0.29) is 31.2 Å². The standard InChI is InChI=1S/C39H44N6O6/c1-39(2,48)26-45-34-20-28(22-44-18-16-43(3)17-19-44)10-13-33(34)41-38(45)42-37(47)29-14-15-40-30(21-29)25-51-36-7-5-6-35(32(36)23-46)50-24-27-8-11-31(49-4)12-9-27/h5-15,20-21,23,48H,16-19,22,24-26H2,1-4H3,(H,41,42,47). The number of aldehydes is 1. The predicted molar refractivity (Wildman–Crippen MR) is 194 cm³/mol. The van der Waals surface area contributed by atoms with Crippen LogP contribution < -0.4 is 19.5 Å². The highest BCUT2D eigenvalue weighted by Crippen LogP contribution is 2.29. The van der Waals surface area contributed by atoms with Gasteiger partial charge in [-0.3, -0.25) is 24.8 Å². The highest BCUT2D eigenvalue weighted by atomic mass is 16.5. The van der Waals surface area contributed by atoms with E-state index >= 15 is 0 Å². The van der Waals surface area contributed by atoms with Gasteiger partial charge >= 0.3 is 0 Å². The van der Waals surface area contributed by atoms with Gasteiger partial charge in [0, 0.05) is 44.5 Å². The molecule has 6 rings (SSSR count). The number of methoxy groups -OCH3 is 1. The molecule has 266 valence electrons. The number of pyridine rings is 1. The van der Waals surface area contributed by atoms with E-state index in [1.54, 1.807) is 51.3 Å². The number of hydrogen-bond acceptors (Lipinski definition) is 10. The van der Waals surface area contributed by atoms with Crippen molar-refractivity contribution in [3.8, 4) is 17.2 Å². The fourth-order valence-electron chi connectivity index (χ4n) is 5.97. The van der Waals surface area contributed by atoms with Gasteiger partial charge in [-0.15, -0.1) is 0 Å². The van der Waals surface area contributed by atoms with Crippen LogP contribution in [0.15, 0.2) is 79.0 Å². The number of carbonyl (C=O) groups excluding carboxylic acids is 2. The second-order valence-corrected chi connectivity index (χ2v) is 13.4. The first kappa shape index (κ1) is 35.5. The fourth-order valence-corrected chi connectivity index (χ4v) is 5.97. The van der Waals surface area contributed by atoms with Crippen LogP contribution in [0, 0.1) is 0 Å². The normalized spacial score (nSPS) is 14.0. The van der Waals surface area contributed by atoms with Gasteiger partial charge in [0.15, 0.2) is 6.29 Å². The molecule has 1 saturated heterocycles. The number of benzene rings is 3. The Balaban J connectivity index is 1.15. The van der Waals surface area contributed by atoms with Crippen LogP contribution in [-0.2, 0) is 26.3 Å². The molecule has 0 unspecified atom stereocenters.